The van der Waals surface area contributed by atoms with E-state index in [1.54, 1.807) is 0 Å². The standard InChI is InChI=1S/C6H7BrO3/c1-10-5(6(8)9)3-2-4-7/h2-4H,1H3,(H,8,9)/b4-2+,5-3+. The van der Waals surface area contributed by atoms with Crippen molar-refractivity contribution in [2.75, 3.05) is 7.11 Å². The molecule has 0 saturated carbocycles. The number of carbonyl (C=O) groups is 1. The van der Waals surface area contributed by atoms with Crippen LogP contribution in [0, 0.1) is 0 Å². The smallest absolute Gasteiger partial charge is 0.371 e. The van der Waals surface area contributed by atoms with Crippen LogP contribution in [0.15, 0.2) is 22.9 Å². The highest BCUT2D eigenvalue weighted by atomic mass is 79.9. The van der Waals surface area contributed by atoms with E-state index < -0.39 is 5.97 Å². The number of allylic oxidation sites excluding steroid dienone is 2. The topological polar surface area (TPSA) is 46.5 Å². The number of aliphatic carboxylic acids is 1. The van der Waals surface area contributed by atoms with Gasteiger partial charge in [0.05, 0.1) is 7.11 Å². The van der Waals surface area contributed by atoms with Crippen LogP contribution in [-0.2, 0) is 9.53 Å². The highest BCUT2D eigenvalue weighted by Gasteiger charge is 2.02. The maximum absolute atomic E-state index is 10.2. The largest absolute Gasteiger partial charge is 0.490 e. The Hall–Kier alpha value is -0.770. The maximum Gasteiger partial charge on any atom is 0.371 e. The molecule has 56 valence electrons. The monoisotopic (exact) mass is 206 g/mol. The summed E-state index contributed by atoms with van der Waals surface area (Å²) >= 11 is 2.98. The molecule has 1 N–H and O–H groups in total. The van der Waals surface area contributed by atoms with Crippen LogP contribution in [0.25, 0.3) is 0 Å². The molecule has 0 heterocycles. The van der Waals surface area contributed by atoms with Gasteiger partial charge in [0.15, 0.2) is 0 Å². The van der Waals surface area contributed by atoms with E-state index >= 15 is 0 Å². The number of methoxy groups -OCH3 is 1. The molecule has 10 heavy (non-hydrogen) atoms. The summed E-state index contributed by atoms with van der Waals surface area (Å²) in [5, 5.41) is 8.36. The first-order valence-electron chi connectivity index (χ1n) is 2.46. The molecule has 0 aromatic carbocycles. The molecule has 0 atom stereocenters. The van der Waals surface area contributed by atoms with Crippen LogP contribution in [0.5, 0.6) is 0 Å². The van der Waals surface area contributed by atoms with Gasteiger partial charge in [-0.25, -0.2) is 4.79 Å². The van der Waals surface area contributed by atoms with Crippen molar-refractivity contribution in [1.29, 1.82) is 0 Å². The van der Waals surface area contributed by atoms with E-state index in [-0.39, 0.29) is 5.76 Å². The predicted molar refractivity (Wildman–Crippen MR) is 40.8 cm³/mol. The van der Waals surface area contributed by atoms with Gasteiger partial charge in [-0.15, -0.1) is 0 Å². The van der Waals surface area contributed by atoms with Crippen LogP contribution >= 0.6 is 15.9 Å². The normalized spacial score (nSPS) is 12.0. The minimum absolute atomic E-state index is 0.0873. The summed E-state index contributed by atoms with van der Waals surface area (Å²) < 4.78 is 4.50. The molecule has 0 aliphatic heterocycles. The van der Waals surface area contributed by atoms with E-state index in [1.807, 2.05) is 0 Å². The average Bonchev–Trinajstić information content (AvgIpc) is 1.89. The second-order valence-corrected chi connectivity index (χ2v) is 1.89. The highest BCUT2D eigenvalue weighted by molar-refractivity contribution is 9.11. The van der Waals surface area contributed by atoms with Crippen LogP contribution in [0.2, 0.25) is 0 Å². The third kappa shape index (κ3) is 3.29. The van der Waals surface area contributed by atoms with Crippen molar-refractivity contribution in [3.8, 4) is 0 Å². The van der Waals surface area contributed by atoms with Crippen molar-refractivity contribution in [2.45, 2.75) is 0 Å². The van der Waals surface area contributed by atoms with Gasteiger partial charge < -0.3 is 9.84 Å². The van der Waals surface area contributed by atoms with Gasteiger partial charge in [-0.05, 0) is 11.1 Å². The molecule has 0 unspecified atom stereocenters. The molecule has 3 nitrogen and oxygen atoms in total. The van der Waals surface area contributed by atoms with Crippen molar-refractivity contribution in [3.63, 3.8) is 0 Å². The van der Waals surface area contributed by atoms with Crippen molar-refractivity contribution in [3.05, 3.63) is 22.9 Å². The molecule has 0 rings (SSSR count). The summed E-state index contributed by atoms with van der Waals surface area (Å²) in [6.45, 7) is 0. The number of hydrogen-bond acceptors (Lipinski definition) is 2. The maximum atomic E-state index is 10.2. The van der Waals surface area contributed by atoms with Crippen LogP contribution in [0.3, 0.4) is 0 Å². The van der Waals surface area contributed by atoms with Crippen LogP contribution < -0.4 is 0 Å². The molecule has 0 amide bonds. The molecule has 0 aromatic rings. The van der Waals surface area contributed by atoms with Crippen molar-refractivity contribution in [2.24, 2.45) is 0 Å². The Labute approximate surface area is 67.1 Å². The molecule has 0 aliphatic carbocycles. The molecule has 4 heteroatoms. The highest BCUT2D eigenvalue weighted by Crippen LogP contribution is 1.96. The third-order valence-electron chi connectivity index (χ3n) is 0.751. The molecule has 0 radical (unpaired) electrons. The molecular formula is C6H7BrO3. The summed E-state index contributed by atoms with van der Waals surface area (Å²) in [5.74, 6) is -1.16. The van der Waals surface area contributed by atoms with E-state index in [0.29, 0.717) is 0 Å². The first-order chi connectivity index (χ1) is 4.72. The lowest BCUT2D eigenvalue weighted by molar-refractivity contribution is -0.136. The Bertz CT molecular complexity index is 172. The van der Waals surface area contributed by atoms with Crippen molar-refractivity contribution in [1.82, 2.24) is 0 Å². The zero-order valence-electron chi connectivity index (χ0n) is 5.37. The minimum Gasteiger partial charge on any atom is -0.490 e. The zero-order chi connectivity index (χ0) is 7.98. The lowest BCUT2D eigenvalue weighted by Crippen LogP contribution is -2.01. The average molecular weight is 207 g/mol. The Morgan fingerprint density at radius 2 is 2.30 bits per heavy atom. The zero-order valence-corrected chi connectivity index (χ0v) is 6.96. The number of carboxylic acid groups (broad SMARTS) is 1. The van der Waals surface area contributed by atoms with Gasteiger partial charge in [-0.1, -0.05) is 22.0 Å². The van der Waals surface area contributed by atoms with E-state index in [2.05, 4.69) is 20.7 Å². The van der Waals surface area contributed by atoms with Gasteiger partial charge in [-0.3, -0.25) is 0 Å². The summed E-state index contributed by atoms with van der Waals surface area (Å²) in [6, 6.07) is 0. The van der Waals surface area contributed by atoms with E-state index in [4.69, 9.17) is 5.11 Å². The quantitative estimate of drug-likeness (QED) is 0.433. The van der Waals surface area contributed by atoms with Gasteiger partial charge in [-0.2, -0.15) is 0 Å². The van der Waals surface area contributed by atoms with E-state index in [9.17, 15) is 4.79 Å². The van der Waals surface area contributed by atoms with Gasteiger partial charge >= 0.3 is 5.97 Å². The fraction of sp³-hybridized carbons (Fsp3) is 0.167. The number of ether oxygens (including phenoxy) is 1. The van der Waals surface area contributed by atoms with Crippen LogP contribution in [0.4, 0.5) is 0 Å². The van der Waals surface area contributed by atoms with Gasteiger partial charge in [0.25, 0.3) is 0 Å². The molecule has 0 spiro atoms. The summed E-state index contributed by atoms with van der Waals surface area (Å²) in [4.78, 5) is 11.7. The second-order valence-electron chi connectivity index (χ2n) is 1.36. The Morgan fingerprint density at radius 1 is 1.70 bits per heavy atom. The first kappa shape index (κ1) is 9.23. The number of carboxylic acids is 1. The number of hydrogen-bond donors (Lipinski definition) is 1. The Balaban J connectivity index is 4.18. The third-order valence-corrected chi connectivity index (χ3v) is 1.06. The lowest BCUT2D eigenvalue weighted by atomic mass is 10.4. The fourth-order valence-corrected chi connectivity index (χ4v) is 0.503. The minimum atomic E-state index is -1.08. The lowest BCUT2D eigenvalue weighted by Gasteiger charge is -1.95. The van der Waals surface area contributed by atoms with Crippen LogP contribution in [0.1, 0.15) is 0 Å². The number of rotatable bonds is 3. The molecule has 0 aliphatic rings. The van der Waals surface area contributed by atoms with Gasteiger partial charge in [0, 0.05) is 0 Å². The molecule has 0 fully saturated rings. The molecule has 0 bridgehead atoms. The Kier molecular flexibility index (Phi) is 4.66. The summed E-state index contributed by atoms with van der Waals surface area (Å²) in [6.07, 6.45) is 2.87. The second kappa shape index (κ2) is 5.05. The summed E-state index contributed by atoms with van der Waals surface area (Å²) in [5.41, 5.74) is 0. The predicted octanol–water partition coefficient (Wildman–Crippen LogP) is 1.51. The van der Waals surface area contributed by atoms with Crippen LogP contribution in [-0.4, -0.2) is 18.2 Å². The Morgan fingerprint density at radius 3 is 2.60 bits per heavy atom. The number of halogens is 1. The van der Waals surface area contributed by atoms with Crippen molar-refractivity contribution >= 4 is 21.9 Å². The molecule has 0 saturated heterocycles. The summed E-state index contributed by atoms with van der Waals surface area (Å²) in [7, 11) is 1.31. The van der Waals surface area contributed by atoms with Gasteiger partial charge in [0.2, 0.25) is 5.76 Å². The molecule has 0 aromatic heterocycles. The van der Waals surface area contributed by atoms with Crippen molar-refractivity contribution < 1.29 is 14.6 Å². The van der Waals surface area contributed by atoms with E-state index in [0.717, 1.165) is 0 Å². The SMILES string of the molecule is CO/C(=C/C=C/Br)C(=O)O. The molecular weight excluding hydrogens is 200 g/mol. The first-order valence-corrected chi connectivity index (χ1v) is 3.38. The van der Waals surface area contributed by atoms with Gasteiger partial charge in [0.1, 0.15) is 0 Å². The van der Waals surface area contributed by atoms with E-state index in [1.165, 1.54) is 24.2 Å². The fourth-order valence-electron chi connectivity index (χ4n) is 0.350.